The van der Waals surface area contributed by atoms with E-state index >= 15 is 0 Å². The second-order valence-electron chi connectivity index (χ2n) is 9.39. The highest BCUT2D eigenvalue weighted by atomic mass is 16.6. The summed E-state index contributed by atoms with van der Waals surface area (Å²) in [6, 6.07) is 6.63. The quantitative estimate of drug-likeness (QED) is 0.520. The van der Waals surface area contributed by atoms with Crippen molar-refractivity contribution in [3.05, 3.63) is 46.5 Å². The Balaban J connectivity index is 1.11. The van der Waals surface area contributed by atoms with Gasteiger partial charge in [-0.15, -0.1) is 0 Å². The number of amides is 1. The lowest BCUT2D eigenvalue weighted by Crippen LogP contribution is -2.46. The first-order chi connectivity index (χ1) is 18.0. The van der Waals surface area contributed by atoms with Crippen molar-refractivity contribution >= 4 is 28.9 Å². The molecule has 3 aromatic rings. The van der Waals surface area contributed by atoms with E-state index in [0.29, 0.717) is 53.8 Å². The lowest BCUT2D eigenvalue weighted by atomic mass is 9.88. The molecule has 0 spiro atoms. The van der Waals surface area contributed by atoms with Gasteiger partial charge in [0.1, 0.15) is 29.8 Å². The summed E-state index contributed by atoms with van der Waals surface area (Å²) in [6.07, 6.45) is 3.23. The molecule has 0 radical (unpaired) electrons. The average Bonchev–Trinajstić information content (AvgIpc) is 3.24. The van der Waals surface area contributed by atoms with Crippen LogP contribution in [0.15, 0.2) is 35.3 Å². The van der Waals surface area contributed by atoms with Crippen LogP contribution >= 0.6 is 0 Å². The second-order valence-corrected chi connectivity index (χ2v) is 9.39. The van der Waals surface area contributed by atoms with Crippen molar-refractivity contribution in [2.24, 2.45) is 0 Å². The summed E-state index contributed by atoms with van der Waals surface area (Å²) < 4.78 is 17.9. The highest BCUT2D eigenvalue weighted by Crippen LogP contribution is 2.36. The predicted molar refractivity (Wildman–Crippen MR) is 131 cm³/mol. The number of aromatic nitrogens is 4. The van der Waals surface area contributed by atoms with Crippen LogP contribution in [0.5, 0.6) is 11.6 Å². The molecular weight excluding hydrogens is 480 g/mol. The van der Waals surface area contributed by atoms with E-state index in [1.807, 2.05) is 0 Å². The third-order valence-electron chi connectivity index (χ3n) is 7.10. The third-order valence-corrected chi connectivity index (χ3v) is 7.10. The van der Waals surface area contributed by atoms with Gasteiger partial charge in [0, 0.05) is 31.6 Å². The Labute approximate surface area is 211 Å². The molecule has 6 rings (SSSR count). The van der Waals surface area contributed by atoms with Crippen LogP contribution in [0.25, 0.3) is 11.2 Å². The van der Waals surface area contributed by atoms with Gasteiger partial charge in [0.05, 0.1) is 31.5 Å². The van der Waals surface area contributed by atoms with Crippen LogP contribution in [0.4, 0.5) is 10.6 Å². The lowest BCUT2D eigenvalue weighted by molar-refractivity contribution is -0.121. The molecule has 5 heterocycles. The lowest BCUT2D eigenvalue weighted by Gasteiger charge is -2.33. The minimum Gasteiger partial charge on any atom is -0.484 e. The fourth-order valence-corrected chi connectivity index (χ4v) is 5.30. The fourth-order valence-electron chi connectivity index (χ4n) is 5.30. The summed E-state index contributed by atoms with van der Waals surface area (Å²) in [5, 5.41) is 3.50. The summed E-state index contributed by atoms with van der Waals surface area (Å²) in [6.45, 7) is 1.00. The van der Waals surface area contributed by atoms with Gasteiger partial charge in [0.15, 0.2) is 11.4 Å². The number of Topliss-reactive ketones (excluding diaryl/α,β-unsaturated/α-hetero) is 1. The van der Waals surface area contributed by atoms with Gasteiger partial charge in [-0.1, -0.05) is 0 Å². The Bertz CT molecular complexity index is 1440. The van der Waals surface area contributed by atoms with E-state index in [-0.39, 0.29) is 42.6 Å². The van der Waals surface area contributed by atoms with E-state index < -0.39 is 6.09 Å². The number of carbonyl (C=O) groups is 2. The summed E-state index contributed by atoms with van der Waals surface area (Å²) in [4.78, 5) is 51.9. The summed E-state index contributed by atoms with van der Waals surface area (Å²) in [5.41, 5.74) is 1.48. The van der Waals surface area contributed by atoms with Crippen molar-refractivity contribution in [1.82, 2.24) is 24.8 Å². The van der Waals surface area contributed by atoms with E-state index in [1.54, 1.807) is 27.7 Å². The first-order valence-electron chi connectivity index (χ1n) is 12.3. The topological polar surface area (TPSA) is 138 Å². The predicted octanol–water partition coefficient (Wildman–Crippen LogP) is 1.24. The Kier molecular flexibility index (Phi) is 5.95. The van der Waals surface area contributed by atoms with Gasteiger partial charge in [-0.2, -0.15) is 4.98 Å². The van der Waals surface area contributed by atoms with E-state index in [2.05, 4.69) is 20.3 Å². The molecule has 12 nitrogen and oxygen atoms in total. The van der Waals surface area contributed by atoms with Crippen molar-refractivity contribution < 1.29 is 23.8 Å². The van der Waals surface area contributed by atoms with Crippen LogP contribution in [0.2, 0.25) is 0 Å². The monoisotopic (exact) mass is 506 g/mol. The van der Waals surface area contributed by atoms with Crippen molar-refractivity contribution in [2.45, 2.75) is 50.4 Å². The SMILES string of the molecule is COc1cnc2ccc(=O)n(CCN[C@H]3CC[C@H]4[C@H](C3)OC(=O)N4c3ccc4c(n3)CC(=O)CO4)c2n1. The average molecular weight is 507 g/mol. The smallest absolute Gasteiger partial charge is 0.416 e. The maximum atomic E-state index is 12.8. The number of anilines is 1. The number of fused-ring (bicyclic) bond motifs is 3. The van der Waals surface area contributed by atoms with Gasteiger partial charge < -0.3 is 19.5 Å². The minimum absolute atomic E-state index is 0.0393. The van der Waals surface area contributed by atoms with Gasteiger partial charge in [-0.25, -0.2) is 14.8 Å². The van der Waals surface area contributed by atoms with Crippen molar-refractivity contribution in [1.29, 1.82) is 0 Å². The number of hydrogen-bond donors (Lipinski definition) is 1. The minimum atomic E-state index is -0.430. The second kappa shape index (κ2) is 9.43. The Hall–Kier alpha value is -4.06. The van der Waals surface area contributed by atoms with E-state index in [9.17, 15) is 14.4 Å². The zero-order valence-corrected chi connectivity index (χ0v) is 20.3. The molecule has 0 aromatic carbocycles. The van der Waals surface area contributed by atoms with Crippen LogP contribution in [-0.4, -0.2) is 69.8 Å². The molecule has 37 heavy (non-hydrogen) atoms. The molecule has 192 valence electrons. The van der Waals surface area contributed by atoms with Gasteiger partial charge in [-0.3, -0.25) is 19.1 Å². The number of ether oxygens (including phenoxy) is 3. The number of nitrogens with zero attached hydrogens (tertiary/aromatic N) is 5. The number of hydrogen-bond acceptors (Lipinski definition) is 10. The van der Waals surface area contributed by atoms with Crippen molar-refractivity contribution in [3.63, 3.8) is 0 Å². The van der Waals surface area contributed by atoms with Crippen LogP contribution in [0, 0.1) is 0 Å². The standard InChI is InChI=1S/C25H26N6O6/c1-35-22-12-27-16-3-7-23(33)30(24(16)29-22)9-8-26-14-2-4-18-20(10-14)37-25(34)31(18)21-6-5-19-17(28-21)11-15(32)13-36-19/h3,5-7,12,14,18,20,26H,2,4,8-11,13H2,1H3/t14-,18-,20-/m0/s1. The number of ketones is 1. The van der Waals surface area contributed by atoms with Crippen LogP contribution in [-0.2, 0) is 22.5 Å². The first-order valence-corrected chi connectivity index (χ1v) is 12.3. The van der Waals surface area contributed by atoms with E-state index in [0.717, 1.165) is 12.8 Å². The molecule has 2 aliphatic heterocycles. The Morgan fingerprint density at radius 1 is 1.14 bits per heavy atom. The molecule has 1 saturated carbocycles. The van der Waals surface area contributed by atoms with Crippen LogP contribution < -0.4 is 25.2 Å². The first kappa shape index (κ1) is 23.3. The normalized spacial score (nSPS) is 22.8. The third kappa shape index (κ3) is 4.37. The molecular formula is C25H26N6O6. The molecule has 0 unspecified atom stereocenters. The molecule has 0 bridgehead atoms. The Morgan fingerprint density at radius 2 is 2.03 bits per heavy atom. The number of pyridine rings is 2. The van der Waals surface area contributed by atoms with Crippen molar-refractivity contribution in [2.75, 3.05) is 25.2 Å². The summed E-state index contributed by atoms with van der Waals surface area (Å²) in [5.74, 6) is 1.36. The highest BCUT2D eigenvalue weighted by Gasteiger charge is 2.46. The number of methoxy groups -OCH3 is 1. The van der Waals surface area contributed by atoms with Gasteiger partial charge >= 0.3 is 6.09 Å². The molecule has 3 aromatic heterocycles. The Morgan fingerprint density at radius 3 is 2.89 bits per heavy atom. The molecule has 12 heteroatoms. The number of carbonyl (C=O) groups excluding carboxylic acids is 2. The summed E-state index contributed by atoms with van der Waals surface area (Å²) >= 11 is 0. The molecule has 1 amide bonds. The maximum absolute atomic E-state index is 12.8. The van der Waals surface area contributed by atoms with Crippen LogP contribution in [0.1, 0.15) is 25.0 Å². The zero-order chi connectivity index (χ0) is 25.5. The highest BCUT2D eigenvalue weighted by molar-refractivity contribution is 5.90. The van der Waals surface area contributed by atoms with E-state index in [1.165, 1.54) is 19.4 Å². The van der Waals surface area contributed by atoms with E-state index in [4.69, 9.17) is 14.2 Å². The van der Waals surface area contributed by atoms with Gasteiger partial charge in [0.2, 0.25) is 5.88 Å². The maximum Gasteiger partial charge on any atom is 0.416 e. The molecule has 3 atom stereocenters. The molecule has 1 saturated heterocycles. The largest absolute Gasteiger partial charge is 0.484 e. The fraction of sp³-hybridized carbons (Fsp3) is 0.440. The zero-order valence-electron chi connectivity index (χ0n) is 20.3. The molecule has 2 fully saturated rings. The van der Waals surface area contributed by atoms with Crippen molar-refractivity contribution in [3.8, 4) is 11.6 Å². The molecule has 1 aliphatic carbocycles. The van der Waals surface area contributed by atoms with Gasteiger partial charge in [0.25, 0.3) is 5.56 Å². The number of nitrogens with one attached hydrogen (secondary N) is 1. The molecule has 1 N–H and O–H groups in total. The summed E-state index contributed by atoms with van der Waals surface area (Å²) in [7, 11) is 1.51. The molecule has 3 aliphatic rings. The number of rotatable bonds is 6. The van der Waals surface area contributed by atoms with Gasteiger partial charge in [-0.05, 0) is 31.0 Å². The van der Waals surface area contributed by atoms with Crippen LogP contribution in [0.3, 0.4) is 0 Å².